The largest absolute Gasteiger partial charge is 0.416 e. The molecule has 0 bridgehead atoms. The smallest absolute Gasteiger partial charge is 0.389 e. The molecule has 40 heavy (non-hydrogen) atoms. The summed E-state index contributed by atoms with van der Waals surface area (Å²) in [6, 6.07) is 18.8. The zero-order valence-electron chi connectivity index (χ0n) is 26.7. The van der Waals surface area contributed by atoms with Gasteiger partial charge in [0.1, 0.15) is 0 Å². The van der Waals surface area contributed by atoms with Gasteiger partial charge in [0.15, 0.2) is 0 Å². The topological polar surface area (TPSA) is 6.48 Å². The maximum absolute atomic E-state index is 2.73. The van der Waals surface area contributed by atoms with E-state index in [1.807, 2.05) is 0 Å². The van der Waals surface area contributed by atoms with Gasteiger partial charge in [-0.05, 0) is 116 Å². The third-order valence-electron chi connectivity index (χ3n) is 8.83. The van der Waals surface area contributed by atoms with Gasteiger partial charge >= 0.3 is 14.0 Å². The summed E-state index contributed by atoms with van der Waals surface area (Å²) in [7, 11) is 0. The van der Waals surface area contributed by atoms with Crippen LogP contribution in [0.2, 0.25) is 0 Å². The Balaban J connectivity index is 1.90. The summed E-state index contributed by atoms with van der Waals surface area (Å²) in [5.41, 5.74) is 21.6. The summed E-state index contributed by atoms with van der Waals surface area (Å²) in [6.07, 6.45) is 0. The summed E-state index contributed by atoms with van der Waals surface area (Å²) in [4.78, 5) is 0. The summed E-state index contributed by atoms with van der Waals surface area (Å²) < 4.78 is 5.47. The molecule has 1 fully saturated rings. The van der Waals surface area contributed by atoms with Crippen LogP contribution in [0.3, 0.4) is 0 Å². The minimum absolute atomic E-state index is 0.0888. The lowest BCUT2D eigenvalue weighted by Gasteiger charge is -2.59. The van der Waals surface area contributed by atoms with Crippen molar-refractivity contribution < 1.29 is 0 Å². The van der Waals surface area contributed by atoms with Gasteiger partial charge in [0.05, 0.1) is 0 Å². The lowest BCUT2D eigenvalue weighted by molar-refractivity contribution is 1.18. The van der Waals surface area contributed by atoms with Gasteiger partial charge in [-0.2, -0.15) is 0 Å². The van der Waals surface area contributed by atoms with E-state index in [0.717, 1.165) is 0 Å². The van der Waals surface area contributed by atoms with E-state index in [1.165, 1.54) is 89.1 Å². The first-order valence-corrected chi connectivity index (χ1v) is 14.7. The Bertz CT molecular complexity index is 1310. The molecule has 0 radical (unpaired) electrons. The Morgan fingerprint density at radius 2 is 0.525 bits per heavy atom. The quantitative estimate of drug-likeness (QED) is 0.254. The molecule has 0 N–H and O–H groups in total. The molecule has 0 saturated carbocycles. The third kappa shape index (κ3) is 4.56. The number of anilines is 2. The number of hydrogen-bond donors (Lipinski definition) is 0. The predicted octanol–water partition coefficient (Wildman–Crippen LogP) is 7.51. The van der Waals surface area contributed by atoms with Crippen molar-refractivity contribution in [2.75, 3.05) is 9.44 Å². The van der Waals surface area contributed by atoms with Crippen LogP contribution < -0.4 is 20.4 Å². The van der Waals surface area contributed by atoms with Crippen molar-refractivity contribution >= 4 is 36.3 Å². The third-order valence-corrected chi connectivity index (χ3v) is 8.83. The van der Waals surface area contributed by atoms with Crippen LogP contribution in [0.15, 0.2) is 48.5 Å². The van der Waals surface area contributed by atoms with Gasteiger partial charge in [0, 0.05) is 11.4 Å². The molecule has 0 amide bonds. The highest BCUT2D eigenvalue weighted by molar-refractivity contribution is 7.15. The first-order chi connectivity index (χ1) is 18.8. The molecule has 1 aliphatic rings. The van der Waals surface area contributed by atoms with Gasteiger partial charge in [0.25, 0.3) is 0 Å². The fourth-order valence-corrected chi connectivity index (χ4v) is 7.87. The van der Waals surface area contributed by atoms with Gasteiger partial charge in [-0.15, -0.1) is 0 Å². The Morgan fingerprint density at radius 1 is 0.325 bits per heavy atom. The second-order valence-electron chi connectivity index (χ2n) is 12.7. The van der Waals surface area contributed by atoms with Gasteiger partial charge in [-0.3, -0.25) is 0 Å². The van der Waals surface area contributed by atoms with Crippen LogP contribution in [0.25, 0.3) is 0 Å². The van der Waals surface area contributed by atoms with Gasteiger partial charge in [-0.25, -0.2) is 0 Å². The van der Waals surface area contributed by atoms with Crippen molar-refractivity contribution in [3.8, 4) is 0 Å². The van der Waals surface area contributed by atoms with Crippen LogP contribution in [0.4, 0.5) is 11.4 Å². The maximum atomic E-state index is 2.73. The summed E-state index contributed by atoms with van der Waals surface area (Å²) in [5, 5.41) is 0. The van der Waals surface area contributed by atoms with Crippen LogP contribution in [-0.4, -0.2) is 14.0 Å². The van der Waals surface area contributed by atoms with Crippen LogP contribution >= 0.6 is 0 Å². The van der Waals surface area contributed by atoms with Crippen LogP contribution in [0.5, 0.6) is 0 Å². The second-order valence-corrected chi connectivity index (χ2v) is 12.7. The minimum Gasteiger partial charge on any atom is -0.416 e. The van der Waals surface area contributed by atoms with Gasteiger partial charge < -0.3 is 9.44 Å². The van der Waals surface area contributed by atoms with Crippen LogP contribution in [0, 0.1) is 83.1 Å². The molecule has 1 saturated heterocycles. The summed E-state index contributed by atoms with van der Waals surface area (Å²) in [6.45, 7) is 27.4. The molecule has 5 rings (SSSR count). The fourth-order valence-electron chi connectivity index (χ4n) is 7.87. The standard InChI is InChI=1S/C36H44B2N2/c1-21-13-25(5)33(26(6)14-21)37-39(35-29(9)17-23(3)18-30(35)10)38(34-27(7)15-22(2)16-28(34)8)40(37)36-31(11)19-24(4)20-32(36)12/h13-20H,1-12H3. The molecule has 4 aromatic carbocycles. The Kier molecular flexibility index (Phi) is 7.19. The molecule has 4 aromatic rings. The zero-order valence-corrected chi connectivity index (χ0v) is 26.7. The fraction of sp³-hybridized carbons (Fsp3) is 0.333. The second kappa shape index (κ2) is 10.2. The number of aryl methyl sites for hydroxylation is 12. The van der Waals surface area contributed by atoms with E-state index in [9.17, 15) is 0 Å². The Hall–Kier alpha value is -3.39. The van der Waals surface area contributed by atoms with Crippen molar-refractivity contribution in [3.05, 3.63) is 115 Å². The van der Waals surface area contributed by atoms with E-state index in [1.54, 1.807) is 0 Å². The zero-order chi connectivity index (χ0) is 29.2. The molecule has 204 valence electrons. The molecule has 1 aliphatic heterocycles. The van der Waals surface area contributed by atoms with E-state index in [2.05, 4.69) is 141 Å². The van der Waals surface area contributed by atoms with E-state index in [0.29, 0.717) is 0 Å². The molecular formula is C36H44B2N2. The Labute approximate surface area is 243 Å². The van der Waals surface area contributed by atoms with Crippen molar-refractivity contribution in [1.29, 1.82) is 0 Å². The summed E-state index contributed by atoms with van der Waals surface area (Å²) in [5.74, 6) is 0. The van der Waals surface area contributed by atoms with Crippen molar-refractivity contribution in [3.63, 3.8) is 0 Å². The molecule has 2 nitrogen and oxygen atoms in total. The molecule has 0 atom stereocenters. The summed E-state index contributed by atoms with van der Waals surface area (Å²) >= 11 is 0. The number of nitrogens with zero attached hydrogens (tertiary/aromatic N) is 2. The van der Waals surface area contributed by atoms with Gasteiger partial charge in [-0.1, -0.05) is 93.0 Å². The molecule has 0 spiro atoms. The molecule has 4 heteroatoms. The molecule has 0 aromatic heterocycles. The van der Waals surface area contributed by atoms with Gasteiger partial charge in [0.2, 0.25) is 0 Å². The number of benzene rings is 4. The molecule has 0 unspecified atom stereocenters. The average Bonchev–Trinajstić information content (AvgIpc) is 2.79. The van der Waals surface area contributed by atoms with E-state index in [4.69, 9.17) is 0 Å². The van der Waals surface area contributed by atoms with Crippen LogP contribution in [-0.2, 0) is 0 Å². The highest BCUT2D eigenvalue weighted by Gasteiger charge is 2.58. The average molecular weight is 526 g/mol. The maximum Gasteiger partial charge on any atom is 0.389 e. The van der Waals surface area contributed by atoms with E-state index in [-0.39, 0.29) is 14.0 Å². The van der Waals surface area contributed by atoms with E-state index >= 15 is 0 Å². The minimum atomic E-state index is 0.0888. The predicted molar refractivity (Wildman–Crippen MR) is 178 cm³/mol. The number of hydrogen-bond acceptors (Lipinski definition) is 2. The van der Waals surface area contributed by atoms with Crippen molar-refractivity contribution in [2.45, 2.75) is 83.1 Å². The lowest BCUT2D eigenvalue weighted by atomic mass is 9.35. The van der Waals surface area contributed by atoms with E-state index < -0.39 is 0 Å². The SMILES string of the molecule is Cc1cc(C)c(B2N(c3c(C)cc(C)cc3C)B(c3c(C)cc(C)cc3C)N2c2c(C)cc(C)cc2C)c(C)c1. The van der Waals surface area contributed by atoms with Crippen molar-refractivity contribution in [1.82, 2.24) is 0 Å². The Morgan fingerprint density at radius 3 is 0.750 bits per heavy atom. The monoisotopic (exact) mass is 526 g/mol. The molecular weight excluding hydrogens is 482 g/mol. The molecule has 0 aliphatic carbocycles. The highest BCUT2D eigenvalue weighted by Crippen LogP contribution is 2.41. The lowest BCUT2D eigenvalue weighted by Crippen LogP contribution is -2.87. The first kappa shape index (κ1) is 28.1. The van der Waals surface area contributed by atoms with Crippen molar-refractivity contribution in [2.24, 2.45) is 0 Å². The first-order valence-electron chi connectivity index (χ1n) is 14.7. The highest BCUT2D eigenvalue weighted by atomic mass is 15.3. The number of rotatable bonds is 4. The normalized spacial score (nSPS) is 13.3. The van der Waals surface area contributed by atoms with Crippen LogP contribution in [0.1, 0.15) is 66.8 Å². The molecule has 1 heterocycles.